The minimum atomic E-state index is 0.0630. The van der Waals surface area contributed by atoms with E-state index in [1.165, 1.54) is 11.1 Å². The Balaban J connectivity index is 1.40. The van der Waals surface area contributed by atoms with Crippen molar-refractivity contribution >= 4 is 5.91 Å². The first kappa shape index (κ1) is 19.4. The summed E-state index contributed by atoms with van der Waals surface area (Å²) in [6.45, 7) is 7.90. The number of nitrogens with zero attached hydrogens (tertiary/aromatic N) is 2. The molecule has 1 aliphatic heterocycles. The minimum Gasteiger partial charge on any atom is -0.496 e. The van der Waals surface area contributed by atoms with Crippen LogP contribution in [0.4, 0.5) is 0 Å². The summed E-state index contributed by atoms with van der Waals surface area (Å²) in [6.07, 6.45) is 0. The van der Waals surface area contributed by atoms with Crippen molar-refractivity contribution < 1.29 is 9.53 Å². The molecule has 5 heteroatoms. The lowest BCUT2D eigenvalue weighted by Crippen LogP contribution is -2.49. The smallest absolute Gasteiger partial charge is 0.234 e. The van der Waals surface area contributed by atoms with E-state index in [1.54, 1.807) is 7.11 Å². The predicted octanol–water partition coefficient (Wildman–Crippen LogP) is 2.44. The second-order valence-electron chi connectivity index (χ2n) is 7.13. The number of carbonyl (C=O) groups is 1. The first-order chi connectivity index (χ1) is 13.1. The lowest BCUT2D eigenvalue weighted by molar-refractivity contribution is -0.122. The molecule has 27 heavy (non-hydrogen) atoms. The van der Waals surface area contributed by atoms with E-state index in [-0.39, 0.29) is 5.91 Å². The SMILES string of the molecule is COc1ccccc1CNC(=O)CN1CCN(Cc2cccc(C)c2)CC1. The van der Waals surface area contributed by atoms with E-state index in [0.29, 0.717) is 13.1 Å². The van der Waals surface area contributed by atoms with Crippen molar-refractivity contribution in [3.8, 4) is 5.75 Å². The van der Waals surface area contributed by atoms with E-state index >= 15 is 0 Å². The summed E-state index contributed by atoms with van der Waals surface area (Å²) in [6, 6.07) is 16.5. The number of aryl methyl sites for hydroxylation is 1. The van der Waals surface area contributed by atoms with E-state index in [1.807, 2.05) is 24.3 Å². The Hall–Kier alpha value is -2.37. The zero-order chi connectivity index (χ0) is 19.1. The van der Waals surface area contributed by atoms with Crippen LogP contribution in [0, 0.1) is 6.92 Å². The summed E-state index contributed by atoms with van der Waals surface area (Å²) < 4.78 is 5.33. The van der Waals surface area contributed by atoms with Crippen LogP contribution in [0.25, 0.3) is 0 Å². The van der Waals surface area contributed by atoms with Crippen LogP contribution in [0.3, 0.4) is 0 Å². The third-order valence-corrected chi connectivity index (χ3v) is 4.99. The molecule has 0 bridgehead atoms. The van der Waals surface area contributed by atoms with Gasteiger partial charge in [0.05, 0.1) is 13.7 Å². The Morgan fingerprint density at radius 1 is 1.04 bits per heavy atom. The van der Waals surface area contributed by atoms with Crippen molar-refractivity contribution in [3.05, 3.63) is 65.2 Å². The number of piperazine rings is 1. The molecule has 1 aliphatic rings. The molecule has 0 unspecified atom stereocenters. The van der Waals surface area contributed by atoms with Crippen LogP contribution in [0.2, 0.25) is 0 Å². The number of para-hydroxylation sites is 1. The zero-order valence-electron chi connectivity index (χ0n) is 16.3. The molecule has 1 fully saturated rings. The monoisotopic (exact) mass is 367 g/mol. The number of hydrogen-bond donors (Lipinski definition) is 1. The third-order valence-electron chi connectivity index (χ3n) is 4.99. The van der Waals surface area contributed by atoms with Gasteiger partial charge in [-0.3, -0.25) is 14.6 Å². The Morgan fingerprint density at radius 2 is 1.78 bits per heavy atom. The highest BCUT2D eigenvalue weighted by Crippen LogP contribution is 2.16. The maximum atomic E-state index is 12.3. The van der Waals surface area contributed by atoms with Gasteiger partial charge in [-0.2, -0.15) is 0 Å². The summed E-state index contributed by atoms with van der Waals surface area (Å²) in [4.78, 5) is 17.0. The van der Waals surface area contributed by atoms with Crippen LogP contribution < -0.4 is 10.1 Å². The molecule has 0 atom stereocenters. The van der Waals surface area contributed by atoms with Crippen LogP contribution in [-0.2, 0) is 17.9 Å². The highest BCUT2D eigenvalue weighted by molar-refractivity contribution is 5.78. The van der Waals surface area contributed by atoms with Gasteiger partial charge in [0.1, 0.15) is 5.75 Å². The van der Waals surface area contributed by atoms with Gasteiger partial charge < -0.3 is 10.1 Å². The maximum absolute atomic E-state index is 12.3. The van der Waals surface area contributed by atoms with E-state index in [0.717, 1.165) is 44.0 Å². The lowest BCUT2D eigenvalue weighted by atomic mass is 10.1. The van der Waals surface area contributed by atoms with Crippen LogP contribution in [0.1, 0.15) is 16.7 Å². The van der Waals surface area contributed by atoms with E-state index < -0.39 is 0 Å². The Kier molecular flexibility index (Phi) is 6.85. The van der Waals surface area contributed by atoms with Gasteiger partial charge in [0.15, 0.2) is 0 Å². The van der Waals surface area contributed by atoms with Gasteiger partial charge in [-0.15, -0.1) is 0 Å². The maximum Gasteiger partial charge on any atom is 0.234 e. The molecule has 3 rings (SSSR count). The number of benzene rings is 2. The largest absolute Gasteiger partial charge is 0.496 e. The first-order valence-corrected chi connectivity index (χ1v) is 9.53. The van der Waals surface area contributed by atoms with Crippen molar-refractivity contribution in [2.24, 2.45) is 0 Å². The molecule has 0 radical (unpaired) electrons. The number of amides is 1. The predicted molar refractivity (Wildman–Crippen MR) is 108 cm³/mol. The molecule has 0 aliphatic carbocycles. The number of hydrogen-bond acceptors (Lipinski definition) is 4. The van der Waals surface area contributed by atoms with Crippen molar-refractivity contribution in [2.45, 2.75) is 20.0 Å². The van der Waals surface area contributed by atoms with E-state index in [4.69, 9.17) is 4.74 Å². The highest BCUT2D eigenvalue weighted by Gasteiger charge is 2.19. The van der Waals surface area contributed by atoms with Crippen molar-refractivity contribution in [3.63, 3.8) is 0 Å². The highest BCUT2D eigenvalue weighted by atomic mass is 16.5. The summed E-state index contributed by atoms with van der Waals surface area (Å²) in [5.74, 6) is 0.871. The fourth-order valence-corrected chi connectivity index (χ4v) is 3.48. The molecule has 0 saturated carbocycles. The van der Waals surface area contributed by atoms with Gasteiger partial charge in [0, 0.05) is 44.8 Å². The van der Waals surface area contributed by atoms with Crippen LogP contribution in [-0.4, -0.2) is 55.5 Å². The summed E-state index contributed by atoms with van der Waals surface area (Å²) >= 11 is 0. The Bertz CT molecular complexity index is 755. The van der Waals surface area contributed by atoms with E-state index in [9.17, 15) is 4.79 Å². The van der Waals surface area contributed by atoms with Crippen LogP contribution >= 0.6 is 0 Å². The number of nitrogens with one attached hydrogen (secondary N) is 1. The fourth-order valence-electron chi connectivity index (χ4n) is 3.48. The molecule has 0 aromatic heterocycles. The molecule has 0 spiro atoms. The standard InChI is InChI=1S/C22H29N3O2/c1-18-6-5-7-19(14-18)16-24-10-12-25(13-11-24)17-22(26)23-15-20-8-3-4-9-21(20)27-2/h3-9,14H,10-13,15-17H2,1-2H3,(H,23,26). The molecule has 1 heterocycles. The summed E-state index contributed by atoms with van der Waals surface area (Å²) in [5, 5.41) is 3.00. The van der Waals surface area contributed by atoms with Gasteiger partial charge >= 0.3 is 0 Å². The third kappa shape index (κ3) is 5.81. The average molecular weight is 367 g/mol. The molecule has 5 nitrogen and oxygen atoms in total. The van der Waals surface area contributed by atoms with Gasteiger partial charge in [-0.25, -0.2) is 0 Å². The molecule has 1 saturated heterocycles. The molecule has 2 aromatic carbocycles. The lowest BCUT2D eigenvalue weighted by Gasteiger charge is -2.34. The summed E-state index contributed by atoms with van der Waals surface area (Å²) in [7, 11) is 1.65. The van der Waals surface area contributed by atoms with Crippen molar-refractivity contribution in [1.82, 2.24) is 15.1 Å². The Morgan fingerprint density at radius 3 is 2.52 bits per heavy atom. The van der Waals surface area contributed by atoms with E-state index in [2.05, 4.69) is 46.3 Å². The van der Waals surface area contributed by atoms with Gasteiger partial charge in [-0.05, 0) is 18.6 Å². The number of carbonyl (C=O) groups excluding carboxylic acids is 1. The van der Waals surface area contributed by atoms with Crippen LogP contribution in [0.15, 0.2) is 48.5 Å². The Labute approximate surface area is 161 Å². The summed E-state index contributed by atoms with van der Waals surface area (Å²) in [5.41, 5.74) is 3.66. The molecule has 1 N–H and O–H groups in total. The zero-order valence-corrected chi connectivity index (χ0v) is 16.3. The van der Waals surface area contributed by atoms with Crippen molar-refractivity contribution in [2.75, 3.05) is 39.8 Å². The molecule has 1 amide bonds. The molecule has 2 aromatic rings. The topological polar surface area (TPSA) is 44.8 Å². The second-order valence-corrected chi connectivity index (χ2v) is 7.13. The quantitative estimate of drug-likeness (QED) is 0.816. The van der Waals surface area contributed by atoms with Gasteiger partial charge in [0.25, 0.3) is 0 Å². The van der Waals surface area contributed by atoms with Crippen LogP contribution in [0.5, 0.6) is 5.75 Å². The second kappa shape index (κ2) is 9.53. The number of ether oxygens (including phenoxy) is 1. The van der Waals surface area contributed by atoms with Gasteiger partial charge in [0.2, 0.25) is 5.91 Å². The molecular weight excluding hydrogens is 338 g/mol. The molecule has 144 valence electrons. The normalized spacial score (nSPS) is 15.5. The molecular formula is C22H29N3O2. The fraction of sp³-hybridized carbons (Fsp3) is 0.409. The number of rotatable bonds is 7. The van der Waals surface area contributed by atoms with Crippen molar-refractivity contribution in [1.29, 1.82) is 0 Å². The number of methoxy groups -OCH3 is 1. The van der Waals surface area contributed by atoms with Gasteiger partial charge in [-0.1, -0.05) is 48.0 Å². The first-order valence-electron chi connectivity index (χ1n) is 9.53. The average Bonchev–Trinajstić information content (AvgIpc) is 2.68. The minimum absolute atomic E-state index is 0.0630.